The van der Waals surface area contributed by atoms with Crippen molar-refractivity contribution >= 4 is 22.6 Å². The zero-order valence-corrected chi connectivity index (χ0v) is 18.8. The molecule has 7 heteroatoms. The molecule has 2 aromatic carbocycles. The van der Waals surface area contributed by atoms with E-state index in [1.165, 1.54) is 0 Å². The number of carbonyl (C=O) groups excluding carboxylic acids is 1. The van der Waals surface area contributed by atoms with Gasteiger partial charge in [-0.1, -0.05) is 56.3 Å². The zero-order valence-electron chi connectivity index (χ0n) is 18.8. The maximum absolute atomic E-state index is 13.1. The maximum atomic E-state index is 13.1. The summed E-state index contributed by atoms with van der Waals surface area (Å²) >= 11 is 0. The lowest BCUT2D eigenvalue weighted by molar-refractivity contribution is -0.121. The number of carbonyl (C=O) groups is 1. The Bertz CT molecular complexity index is 1290. The molecule has 0 bridgehead atoms. The fraction of sp³-hybridized carbons (Fsp3) is 0.360. The van der Waals surface area contributed by atoms with Crippen LogP contribution >= 0.6 is 0 Å². The molecular formula is C25H29N5O2. The molecule has 0 saturated heterocycles. The number of fused-ring (bicyclic) bond motifs is 3. The Balaban J connectivity index is 1.61. The number of para-hydroxylation sites is 1. The van der Waals surface area contributed by atoms with Crippen molar-refractivity contribution in [3.63, 3.8) is 0 Å². The summed E-state index contributed by atoms with van der Waals surface area (Å²) in [6, 6.07) is 17.3. The maximum Gasteiger partial charge on any atom is 0.262 e. The predicted octanol–water partition coefficient (Wildman–Crippen LogP) is 3.90. The van der Waals surface area contributed by atoms with Gasteiger partial charge < -0.3 is 5.32 Å². The standard InChI is InChI=1S/C25H29N5O2/c1-17(2)15-16-29-24(32)20-11-7-8-12-21(20)30-22(27-28-25(29)30)13-14-23(31)26-18(3)19-9-5-4-6-10-19/h4-12,17-18H,13-16H2,1-3H3,(H,26,31). The van der Waals surface area contributed by atoms with Crippen molar-refractivity contribution in [1.82, 2.24) is 24.5 Å². The van der Waals surface area contributed by atoms with Gasteiger partial charge in [0.25, 0.3) is 5.56 Å². The van der Waals surface area contributed by atoms with Crippen LogP contribution in [0.2, 0.25) is 0 Å². The molecule has 0 aliphatic heterocycles. The summed E-state index contributed by atoms with van der Waals surface area (Å²) in [5, 5.41) is 12.4. The van der Waals surface area contributed by atoms with Crippen molar-refractivity contribution in [3.05, 3.63) is 76.3 Å². The minimum atomic E-state index is -0.0686. The monoisotopic (exact) mass is 431 g/mol. The Hall–Kier alpha value is -3.48. The van der Waals surface area contributed by atoms with Crippen molar-refractivity contribution in [3.8, 4) is 0 Å². The van der Waals surface area contributed by atoms with Crippen LogP contribution in [0, 0.1) is 5.92 Å². The van der Waals surface area contributed by atoms with Gasteiger partial charge in [-0.15, -0.1) is 10.2 Å². The number of hydrogen-bond acceptors (Lipinski definition) is 4. The van der Waals surface area contributed by atoms with E-state index >= 15 is 0 Å². The zero-order chi connectivity index (χ0) is 22.7. The molecule has 166 valence electrons. The van der Waals surface area contributed by atoms with Gasteiger partial charge >= 0.3 is 0 Å². The fourth-order valence-corrected chi connectivity index (χ4v) is 3.93. The van der Waals surface area contributed by atoms with E-state index in [1.54, 1.807) is 4.57 Å². The van der Waals surface area contributed by atoms with Crippen LogP contribution in [0.1, 0.15) is 51.0 Å². The first-order valence-corrected chi connectivity index (χ1v) is 11.2. The number of benzene rings is 2. The lowest BCUT2D eigenvalue weighted by Crippen LogP contribution is -2.27. The molecule has 2 heterocycles. The van der Waals surface area contributed by atoms with Crippen molar-refractivity contribution in [1.29, 1.82) is 0 Å². The van der Waals surface area contributed by atoms with Gasteiger partial charge in [0.2, 0.25) is 11.7 Å². The first-order chi connectivity index (χ1) is 15.5. The van der Waals surface area contributed by atoms with E-state index in [0.29, 0.717) is 35.9 Å². The average Bonchev–Trinajstić information content (AvgIpc) is 3.22. The Labute approximate surface area is 187 Å². The first-order valence-electron chi connectivity index (χ1n) is 11.2. The molecule has 0 fully saturated rings. The predicted molar refractivity (Wildman–Crippen MR) is 126 cm³/mol. The highest BCUT2D eigenvalue weighted by Crippen LogP contribution is 2.17. The van der Waals surface area contributed by atoms with Crippen LogP contribution in [0.25, 0.3) is 16.7 Å². The summed E-state index contributed by atoms with van der Waals surface area (Å²) < 4.78 is 3.63. The summed E-state index contributed by atoms with van der Waals surface area (Å²) in [7, 11) is 0. The molecule has 7 nitrogen and oxygen atoms in total. The smallest absolute Gasteiger partial charge is 0.262 e. The second kappa shape index (κ2) is 9.34. The van der Waals surface area contributed by atoms with E-state index in [9.17, 15) is 9.59 Å². The van der Waals surface area contributed by atoms with Crippen molar-refractivity contribution in [2.45, 2.75) is 52.6 Å². The quantitative estimate of drug-likeness (QED) is 0.459. The molecule has 0 aliphatic rings. The molecule has 4 rings (SSSR count). The summed E-state index contributed by atoms with van der Waals surface area (Å²) in [6.07, 6.45) is 1.59. The second-order valence-corrected chi connectivity index (χ2v) is 8.61. The highest BCUT2D eigenvalue weighted by atomic mass is 16.1. The third kappa shape index (κ3) is 4.42. The summed E-state index contributed by atoms with van der Waals surface area (Å²) in [4.78, 5) is 25.7. The normalized spacial score (nSPS) is 12.5. The Kier molecular flexibility index (Phi) is 6.35. The lowest BCUT2D eigenvalue weighted by atomic mass is 10.1. The molecule has 1 unspecified atom stereocenters. The third-order valence-electron chi connectivity index (χ3n) is 5.76. The van der Waals surface area contributed by atoms with E-state index in [1.807, 2.05) is 65.9 Å². The van der Waals surface area contributed by atoms with Gasteiger partial charge in [-0.2, -0.15) is 0 Å². The number of aryl methyl sites for hydroxylation is 2. The summed E-state index contributed by atoms with van der Waals surface area (Å²) in [5.74, 6) is 1.63. The molecule has 1 atom stereocenters. The molecule has 1 amide bonds. The third-order valence-corrected chi connectivity index (χ3v) is 5.76. The fourth-order valence-electron chi connectivity index (χ4n) is 3.93. The van der Waals surface area contributed by atoms with Crippen molar-refractivity contribution < 1.29 is 4.79 Å². The molecule has 1 N–H and O–H groups in total. The van der Waals surface area contributed by atoms with E-state index in [2.05, 4.69) is 29.4 Å². The molecule has 32 heavy (non-hydrogen) atoms. The van der Waals surface area contributed by atoms with Crippen molar-refractivity contribution in [2.24, 2.45) is 5.92 Å². The van der Waals surface area contributed by atoms with Gasteiger partial charge in [0.15, 0.2) is 0 Å². The Morgan fingerprint density at radius 2 is 1.72 bits per heavy atom. The van der Waals surface area contributed by atoms with E-state index in [4.69, 9.17) is 0 Å². The van der Waals surface area contributed by atoms with Crippen LogP contribution in [-0.2, 0) is 17.8 Å². The van der Waals surface area contributed by atoms with E-state index in [-0.39, 0.29) is 23.9 Å². The highest BCUT2D eigenvalue weighted by Gasteiger charge is 2.18. The molecule has 0 spiro atoms. The van der Waals surface area contributed by atoms with E-state index < -0.39 is 0 Å². The average molecular weight is 432 g/mol. The van der Waals surface area contributed by atoms with Crippen molar-refractivity contribution in [2.75, 3.05) is 0 Å². The van der Waals surface area contributed by atoms with Gasteiger partial charge in [0, 0.05) is 19.4 Å². The minimum Gasteiger partial charge on any atom is -0.350 e. The second-order valence-electron chi connectivity index (χ2n) is 8.61. The summed E-state index contributed by atoms with van der Waals surface area (Å²) in [5.41, 5.74) is 1.78. The summed E-state index contributed by atoms with van der Waals surface area (Å²) in [6.45, 7) is 6.82. The number of hydrogen-bond donors (Lipinski definition) is 1. The number of amides is 1. The molecule has 0 aliphatic carbocycles. The van der Waals surface area contributed by atoms with Crippen LogP contribution < -0.4 is 10.9 Å². The minimum absolute atomic E-state index is 0.0458. The van der Waals surface area contributed by atoms with Crippen LogP contribution in [-0.4, -0.2) is 25.1 Å². The lowest BCUT2D eigenvalue weighted by Gasteiger charge is -2.14. The van der Waals surface area contributed by atoms with Gasteiger partial charge in [-0.05, 0) is 37.0 Å². The number of nitrogens with one attached hydrogen (secondary N) is 1. The Morgan fingerprint density at radius 1 is 1.00 bits per heavy atom. The van der Waals surface area contributed by atoms with Gasteiger partial charge in [0.05, 0.1) is 16.9 Å². The van der Waals surface area contributed by atoms with Crippen LogP contribution in [0.4, 0.5) is 0 Å². The van der Waals surface area contributed by atoms with Gasteiger partial charge in [-0.3, -0.25) is 18.6 Å². The highest BCUT2D eigenvalue weighted by molar-refractivity contribution is 5.80. The largest absolute Gasteiger partial charge is 0.350 e. The Morgan fingerprint density at radius 3 is 2.47 bits per heavy atom. The number of aromatic nitrogens is 4. The molecular weight excluding hydrogens is 402 g/mol. The van der Waals surface area contributed by atoms with Crippen LogP contribution in [0.3, 0.4) is 0 Å². The van der Waals surface area contributed by atoms with Gasteiger partial charge in [-0.25, -0.2) is 0 Å². The number of nitrogens with zero attached hydrogens (tertiary/aromatic N) is 4. The van der Waals surface area contributed by atoms with E-state index in [0.717, 1.165) is 17.5 Å². The SMILES string of the molecule is CC(C)CCn1c(=O)c2ccccc2n2c(CCC(=O)NC(C)c3ccccc3)nnc12. The molecule has 0 radical (unpaired) electrons. The number of rotatable bonds is 8. The van der Waals surface area contributed by atoms with Gasteiger partial charge in [0.1, 0.15) is 5.82 Å². The topological polar surface area (TPSA) is 81.3 Å². The first kappa shape index (κ1) is 21.7. The molecule has 4 aromatic rings. The molecule has 2 aromatic heterocycles. The molecule has 0 saturated carbocycles. The van der Waals surface area contributed by atoms with Crippen LogP contribution in [0.15, 0.2) is 59.4 Å². The van der Waals surface area contributed by atoms with Crippen LogP contribution in [0.5, 0.6) is 0 Å².